The molecule has 0 amide bonds. The molecule has 0 bridgehead atoms. The van der Waals surface area contributed by atoms with Crippen molar-refractivity contribution in [3.8, 4) is 17.6 Å². The van der Waals surface area contributed by atoms with E-state index in [1.165, 1.54) is 14.2 Å². The van der Waals surface area contributed by atoms with Crippen LogP contribution in [0.3, 0.4) is 0 Å². The monoisotopic (exact) mass is 285 g/mol. The van der Waals surface area contributed by atoms with Gasteiger partial charge in [0.05, 0.1) is 25.9 Å². The van der Waals surface area contributed by atoms with Crippen LogP contribution in [-0.4, -0.2) is 24.2 Å². The van der Waals surface area contributed by atoms with Crippen LogP contribution in [0.1, 0.15) is 16.7 Å². The normalized spacial score (nSPS) is 9.95. The van der Waals surface area contributed by atoms with E-state index in [-0.39, 0.29) is 5.95 Å². The van der Waals surface area contributed by atoms with Crippen molar-refractivity contribution in [1.82, 2.24) is 9.97 Å². The lowest BCUT2D eigenvalue weighted by atomic mass is 10.0. The lowest BCUT2D eigenvalue weighted by molar-refractivity contribution is 0.386. The second-order valence-electron chi connectivity index (χ2n) is 4.29. The summed E-state index contributed by atoms with van der Waals surface area (Å²) >= 11 is 0. The minimum atomic E-state index is 0.120. The zero-order chi connectivity index (χ0) is 15.4. The molecule has 21 heavy (non-hydrogen) atoms. The maximum Gasteiger partial charge on any atom is 0.221 e. The van der Waals surface area contributed by atoms with Crippen molar-refractivity contribution in [2.75, 3.05) is 25.7 Å². The summed E-state index contributed by atoms with van der Waals surface area (Å²) in [4.78, 5) is 7.86. The number of nitrogen functional groups attached to an aromatic ring is 2. The van der Waals surface area contributed by atoms with Crippen LogP contribution >= 0.6 is 0 Å². The molecule has 0 aliphatic heterocycles. The number of nitrogens with two attached hydrogens (primary N) is 2. The largest absolute Gasteiger partial charge is 0.496 e. The summed E-state index contributed by atoms with van der Waals surface area (Å²) in [5.41, 5.74) is 13.2. The van der Waals surface area contributed by atoms with Crippen molar-refractivity contribution < 1.29 is 9.47 Å². The lowest BCUT2D eigenvalue weighted by Crippen LogP contribution is -2.06. The van der Waals surface area contributed by atoms with Crippen LogP contribution < -0.4 is 20.9 Å². The van der Waals surface area contributed by atoms with Gasteiger partial charge in [-0.1, -0.05) is 0 Å². The number of nitrogens with zero attached hydrogens (tertiary/aromatic N) is 3. The van der Waals surface area contributed by atoms with E-state index in [0.29, 0.717) is 34.9 Å². The van der Waals surface area contributed by atoms with E-state index >= 15 is 0 Å². The van der Waals surface area contributed by atoms with Crippen LogP contribution in [0.15, 0.2) is 18.3 Å². The van der Waals surface area contributed by atoms with Gasteiger partial charge in [0.15, 0.2) is 0 Å². The third-order valence-corrected chi connectivity index (χ3v) is 3.02. The van der Waals surface area contributed by atoms with E-state index in [9.17, 15) is 0 Å². The Labute approximate surface area is 122 Å². The average Bonchev–Trinajstić information content (AvgIpc) is 2.49. The van der Waals surface area contributed by atoms with E-state index in [2.05, 4.69) is 16.0 Å². The van der Waals surface area contributed by atoms with Crippen LogP contribution in [0, 0.1) is 11.3 Å². The standard InChI is InChI=1S/C14H15N5O2/c1-20-11-3-8(6-15)4-12(21-2)10(11)5-9-7-18-14(17)19-13(9)16/h3-4,7H,5H2,1-2H3,(H4,16,17,18,19). The number of ether oxygens (including phenoxy) is 2. The van der Waals surface area contributed by atoms with Crippen LogP contribution in [0.2, 0.25) is 0 Å². The van der Waals surface area contributed by atoms with Gasteiger partial charge in [-0.3, -0.25) is 0 Å². The van der Waals surface area contributed by atoms with Gasteiger partial charge in [-0.2, -0.15) is 10.2 Å². The van der Waals surface area contributed by atoms with Gasteiger partial charge >= 0.3 is 0 Å². The van der Waals surface area contributed by atoms with Crippen molar-refractivity contribution >= 4 is 11.8 Å². The number of nitriles is 1. The van der Waals surface area contributed by atoms with Crippen molar-refractivity contribution in [2.24, 2.45) is 0 Å². The number of anilines is 2. The molecule has 0 unspecified atom stereocenters. The first-order chi connectivity index (χ1) is 10.1. The van der Waals surface area contributed by atoms with Crippen molar-refractivity contribution in [1.29, 1.82) is 5.26 Å². The molecule has 0 saturated carbocycles. The first-order valence-corrected chi connectivity index (χ1v) is 6.11. The van der Waals surface area contributed by atoms with Crippen molar-refractivity contribution in [2.45, 2.75) is 6.42 Å². The predicted molar refractivity (Wildman–Crippen MR) is 77.9 cm³/mol. The Morgan fingerprint density at radius 3 is 2.29 bits per heavy atom. The van der Waals surface area contributed by atoms with E-state index < -0.39 is 0 Å². The number of hydrogen-bond acceptors (Lipinski definition) is 7. The van der Waals surface area contributed by atoms with Crippen LogP contribution in [0.4, 0.5) is 11.8 Å². The highest BCUT2D eigenvalue weighted by atomic mass is 16.5. The van der Waals surface area contributed by atoms with Crippen LogP contribution in [-0.2, 0) is 6.42 Å². The average molecular weight is 285 g/mol. The highest BCUT2D eigenvalue weighted by molar-refractivity contribution is 5.55. The molecule has 0 radical (unpaired) electrons. The van der Waals surface area contributed by atoms with Gasteiger partial charge in [-0.15, -0.1) is 0 Å². The Morgan fingerprint density at radius 1 is 1.19 bits per heavy atom. The molecule has 4 N–H and O–H groups in total. The number of methoxy groups -OCH3 is 2. The summed E-state index contributed by atoms with van der Waals surface area (Å²) in [6.07, 6.45) is 1.97. The summed E-state index contributed by atoms with van der Waals surface area (Å²) < 4.78 is 10.7. The summed E-state index contributed by atoms with van der Waals surface area (Å²) in [6, 6.07) is 5.35. The molecule has 0 spiro atoms. The summed E-state index contributed by atoms with van der Waals surface area (Å²) in [5.74, 6) is 1.51. The van der Waals surface area contributed by atoms with Gasteiger partial charge in [-0.25, -0.2) is 4.98 Å². The molecule has 1 aromatic carbocycles. The molecule has 0 saturated heterocycles. The topological polar surface area (TPSA) is 120 Å². The molecule has 7 heteroatoms. The first kappa shape index (κ1) is 14.4. The van der Waals surface area contributed by atoms with E-state index in [4.69, 9.17) is 26.2 Å². The Bertz CT molecular complexity index is 684. The third-order valence-electron chi connectivity index (χ3n) is 3.02. The SMILES string of the molecule is COc1cc(C#N)cc(OC)c1Cc1cnc(N)nc1N. The molecule has 0 fully saturated rings. The quantitative estimate of drug-likeness (QED) is 0.863. The van der Waals surface area contributed by atoms with E-state index in [1.807, 2.05) is 0 Å². The third kappa shape index (κ3) is 2.95. The zero-order valence-corrected chi connectivity index (χ0v) is 11.8. The smallest absolute Gasteiger partial charge is 0.221 e. The second-order valence-corrected chi connectivity index (χ2v) is 4.29. The highest BCUT2D eigenvalue weighted by Gasteiger charge is 2.15. The number of hydrogen-bond donors (Lipinski definition) is 2. The maximum absolute atomic E-state index is 9.02. The molecule has 7 nitrogen and oxygen atoms in total. The Kier molecular flexibility index (Phi) is 4.09. The van der Waals surface area contributed by atoms with Gasteiger partial charge < -0.3 is 20.9 Å². The van der Waals surface area contributed by atoms with Gasteiger partial charge in [0.2, 0.25) is 5.95 Å². The summed E-state index contributed by atoms with van der Waals surface area (Å²) in [6.45, 7) is 0. The van der Waals surface area contributed by atoms with Gasteiger partial charge in [0, 0.05) is 23.7 Å². The predicted octanol–water partition coefficient (Wildman–Crippen LogP) is 1.12. The maximum atomic E-state index is 9.02. The fourth-order valence-electron chi connectivity index (χ4n) is 1.98. The Hall–Kier alpha value is -3.01. The number of rotatable bonds is 4. The Morgan fingerprint density at radius 2 is 1.81 bits per heavy atom. The van der Waals surface area contributed by atoms with Crippen LogP contribution in [0.25, 0.3) is 0 Å². The summed E-state index contributed by atoms with van der Waals surface area (Å²) in [5, 5.41) is 9.02. The second kappa shape index (κ2) is 5.96. The number of aromatic nitrogens is 2. The van der Waals surface area contributed by atoms with Crippen molar-refractivity contribution in [3.05, 3.63) is 35.0 Å². The first-order valence-electron chi connectivity index (χ1n) is 6.11. The lowest BCUT2D eigenvalue weighted by Gasteiger charge is -2.14. The fraction of sp³-hybridized carbons (Fsp3) is 0.214. The molecular formula is C14H15N5O2. The molecule has 0 aliphatic carbocycles. The van der Waals surface area contributed by atoms with Gasteiger partial charge in [-0.05, 0) is 12.1 Å². The molecule has 1 aromatic heterocycles. The van der Waals surface area contributed by atoms with Gasteiger partial charge in [0.25, 0.3) is 0 Å². The molecule has 2 rings (SSSR count). The molecule has 1 heterocycles. The Balaban J connectivity index is 2.50. The fourth-order valence-corrected chi connectivity index (χ4v) is 1.98. The van der Waals surface area contributed by atoms with Crippen molar-refractivity contribution in [3.63, 3.8) is 0 Å². The minimum absolute atomic E-state index is 0.120. The molecule has 108 valence electrons. The van der Waals surface area contributed by atoms with E-state index in [0.717, 1.165) is 5.56 Å². The van der Waals surface area contributed by atoms with Crippen LogP contribution in [0.5, 0.6) is 11.5 Å². The highest BCUT2D eigenvalue weighted by Crippen LogP contribution is 2.33. The van der Waals surface area contributed by atoms with Gasteiger partial charge in [0.1, 0.15) is 17.3 Å². The molecule has 0 aliphatic rings. The minimum Gasteiger partial charge on any atom is -0.496 e. The zero-order valence-electron chi connectivity index (χ0n) is 11.8. The summed E-state index contributed by atoms with van der Waals surface area (Å²) in [7, 11) is 3.06. The number of benzene rings is 1. The molecule has 0 atom stereocenters. The molecular weight excluding hydrogens is 270 g/mol. The molecule has 2 aromatic rings. The van der Waals surface area contributed by atoms with E-state index in [1.54, 1.807) is 18.3 Å².